The molecule has 0 aliphatic heterocycles. The Bertz CT molecular complexity index is 299. The molecule has 1 unspecified atom stereocenters. The van der Waals surface area contributed by atoms with Crippen molar-refractivity contribution < 1.29 is 8.76 Å². The summed E-state index contributed by atoms with van der Waals surface area (Å²) in [7, 11) is 0. The van der Waals surface area contributed by atoms with Crippen LogP contribution < -0.4 is 0 Å². The maximum absolute atomic E-state index is 10.6. The molecule has 1 atom stereocenters. The van der Waals surface area contributed by atoms with E-state index in [1.54, 1.807) is 12.1 Å². The summed E-state index contributed by atoms with van der Waals surface area (Å²) in [5.74, 6) is 0. The zero-order valence-corrected chi connectivity index (χ0v) is 7.31. The molecule has 0 saturated carbocycles. The van der Waals surface area contributed by atoms with Crippen molar-refractivity contribution in [2.75, 3.05) is 0 Å². The monoisotopic (exact) mass is 194 g/mol. The van der Waals surface area contributed by atoms with Gasteiger partial charge >= 0.3 is 29.6 Å². The molecule has 0 heterocycles. The number of benzene rings is 1. The van der Waals surface area contributed by atoms with Gasteiger partial charge in [0.15, 0.2) is 11.1 Å². The minimum absolute atomic E-state index is 0. The Labute approximate surface area is 97.0 Å². The molecule has 0 bridgehead atoms. The topological polar surface area (TPSA) is 37.3 Å². The molecule has 2 nitrogen and oxygen atoms in total. The van der Waals surface area contributed by atoms with Gasteiger partial charge in [-0.2, -0.15) is 0 Å². The Hall–Kier alpha value is 0.330. The molecular weight excluding hydrogens is 183 g/mol. The molecule has 0 spiro atoms. The molecule has 0 aromatic heterocycles. The van der Waals surface area contributed by atoms with Gasteiger partial charge < -0.3 is 4.55 Å². The van der Waals surface area contributed by atoms with Crippen LogP contribution >= 0.6 is 0 Å². The van der Waals surface area contributed by atoms with E-state index in [4.69, 9.17) is 4.55 Å². The average molecular weight is 194 g/mol. The zero-order valence-electron chi connectivity index (χ0n) is 6.50. The van der Waals surface area contributed by atoms with Gasteiger partial charge in [-0.05, 0) is 37.1 Å². The van der Waals surface area contributed by atoms with Gasteiger partial charge in [-0.3, -0.25) is 0 Å². The van der Waals surface area contributed by atoms with Crippen LogP contribution in [0.1, 0.15) is 11.1 Å². The number of hydrogen-bond donors (Lipinski definition) is 1. The van der Waals surface area contributed by atoms with Crippen LogP contribution in [-0.4, -0.2) is 38.3 Å². The van der Waals surface area contributed by atoms with Crippen molar-refractivity contribution in [1.82, 2.24) is 0 Å². The van der Waals surface area contributed by atoms with E-state index >= 15 is 0 Å². The minimum atomic E-state index is -1.85. The van der Waals surface area contributed by atoms with Crippen molar-refractivity contribution in [2.45, 2.75) is 18.7 Å². The molecule has 0 aliphatic rings. The number of aryl methyl sites for hydroxylation is 2. The van der Waals surface area contributed by atoms with Gasteiger partial charge in [-0.1, -0.05) is 6.07 Å². The van der Waals surface area contributed by atoms with E-state index in [9.17, 15) is 4.21 Å². The van der Waals surface area contributed by atoms with E-state index < -0.39 is 11.1 Å². The van der Waals surface area contributed by atoms with Gasteiger partial charge in [-0.15, -0.1) is 0 Å². The number of rotatable bonds is 1. The van der Waals surface area contributed by atoms with Crippen molar-refractivity contribution in [3.05, 3.63) is 29.3 Å². The van der Waals surface area contributed by atoms with E-state index in [1.807, 2.05) is 19.9 Å². The molecule has 1 rings (SSSR count). The molecule has 4 heteroatoms. The first kappa shape index (κ1) is 12.3. The summed E-state index contributed by atoms with van der Waals surface area (Å²) in [6.07, 6.45) is 0. The Morgan fingerprint density at radius 2 is 1.83 bits per heavy atom. The predicted octanol–water partition coefficient (Wildman–Crippen LogP) is 1.24. The summed E-state index contributed by atoms with van der Waals surface area (Å²) in [6, 6.07) is 5.24. The molecule has 62 valence electrons. The third-order valence-corrected chi connectivity index (χ3v) is 2.34. The third-order valence-electron chi connectivity index (χ3n) is 1.68. The molecule has 1 N–H and O–H groups in total. The molecule has 0 amide bonds. The van der Waals surface area contributed by atoms with Crippen LogP contribution in [0.15, 0.2) is 23.1 Å². The molecule has 0 saturated heterocycles. The van der Waals surface area contributed by atoms with Crippen LogP contribution in [0.25, 0.3) is 0 Å². The summed E-state index contributed by atoms with van der Waals surface area (Å²) in [6.45, 7) is 3.89. The molecular formula is C8H11NaO2S. The molecule has 1 aromatic rings. The Morgan fingerprint density at radius 3 is 2.25 bits per heavy atom. The molecule has 1 aromatic carbocycles. The van der Waals surface area contributed by atoms with Crippen LogP contribution in [-0.2, 0) is 11.1 Å². The van der Waals surface area contributed by atoms with Crippen LogP contribution in [0.5, 0.6) is 0 Å². The van der Waals surface area contributed by atoms with Gasteiger partial charge in [0.05, 0.1) is 4.90 Å². The van der Waals surface area contributed by atoms with Crippen molar-refractivity contribution in [3.8, 4) is 0 Å². The van der Waals surface area contributed by atoms with E-state index in [0.717, 1.165) is 11.1 Å². The van der Waals surface area contributed by atoms with Gasteiger partial charge in [0.2, 0.25) is 0 Å². The van der Waals surface area contributed by atoms with Gasteiger partial charge in [-0.25, -0.2) is 4.21 Å². The van der Waals surface area contributed by atoms with Crippen LogP contribution in [0.2, 0.25) is 0 Å². The van der Waals surface area contributed by atoms with Crippen LogP contribution in [0.3, 0.4) is 0 Å². The first-order chi connectivity index (χ1) is 5.11. The second-order valence-electron chi connectivity index (χ2n) is 2.50. The normalized spacial score (nSPS) is 11.9. The standard InChI is InChI=1S/C8H10O2S.Na.H/c1-6-3-4-8(11(9)10)5-7(6)2;;/h3-5H,1-2H3,(H,9,10);;. The summed E-state index contributed by atoms with van der Waals surface area (Å²) in [5, 5.41) is 0. The molecule has 0 aliphatic carbocycles. The number of hydrogen-bond acceptors (Lipinski definition) is 1. The second-order valence-corrected chi connectivity index (χ2v) is 3.46. The van der Waals surface area contributed by atoms with E-state index in [1.165, 1.54) is 0 Å². The first-order valence-corrected chi connectivity index (χ1v) is 4.40. The Morgan fingerprint density at radius 1 is 1.25 bits per heavy atom. The zero-order chi connectivity index (χ0) is 8.43. The molecule has 0 radical (unpaired) electrons. The van der Waals surface area contributed by atoms with Gasteiger partial charge in [0.25, 0.3) is 0 Å². The predicted molar refractivity (Wildman–Crippen MR) is 52.1 cm³/mol. The fraction of sp³-hybridized carbons (Fsp3) is 0.250. The van der Waals surface area contributed by atoms with E-state index in [-0.39, 0.29) is 29.6 Å². The Balaban J connectivity index is 0.00000121. The van der Waals surface area contributed by atoms with Crippen LogP contribution in [0, 0.1) is 13.8 Å². The van der Waals surface area contributed by atoms with Crippen molar-refractivity contribution in [1.29, 1.82) is 0 Å². The summed E-state index contributed by atoms with van der Waals surface area (Å²) in [5.41, 5.74) is 2.18. The van der Waals surface area contributed by atoms with Gasteiger partial charge in [0.1, 0.15) is 0 Å². The fourth-order valence-corrected chi connectivity index (χ4v) is 1.28. The van der Waals surface area contributed by atoms with Crippen LogP contribution in [0.4, 0.5) is 0 Å². The molecule has 12 heavy (non-hydrogen) atoms. The quantitative estimate of drug-likeness (QED) is 0.539. The summed E-state index contributed by atoms with van der Waals surface area (Å²) < 4.78 is 19.3. The third kappa shape index (κ3) is 2.99. The first-order valence-electron chi connectivity index (χ1n) is 3.29. The second kappa shape index (κ2) is 5.14. The van der Waals surface area contributed by atoms with Crippen molar-refractivity contribution in [3.63, 3.8) is 0 Å². The fourth-order valence-electron chi connectivity index (χ4n) is 0.823. The van der Waals surface area contributed by atoms with Crippen molar-refractivity contribution >= 4 is 40.6 Å². The SMILES string of the molecule is Cc1ccc(S(=O)O)cc1C.[NaH]. The maximum atomic E-state index is 10.6. The summed E-state index contributed by atoms with van der Waals surface area (Å²) >= 11 is -1.85. The van der Waals surface area contributed by atoms with E-state index in [0.29, 0.717) is 4.90 Å². The van der Waals surface area contributed by atoms with Crippen molar-refractivity contribution in [2.24, 2.45) is 0 Å². The van der Waals surface area contributed by atoms with Gasteiger partial charge in [0, 0.05) is 0 Å². The average Bonchev–Trinajstić information content (AvgIpc) is 1.94. The molecule has 0 fully saturated rings. The van der Waals surface area contributed by atoms with E-state index in [2.05, 4.69) is 0 Å². The summed E-state index contributed by atoms with van der Waals surface area (Å²) in [4.78, 5) is 0.466. The Kier molecular flexibility index (Phi) is 5.29.